The summed E-state index contributed by atoms with van der Waals surface area (Å²) >= 11 is 2.76. The summed E-state index contributed by atoms with van der Waals surface area (Å²) in [6.07, 6.45) is 0. The molecule has 0 saturated heterocycles. The molecule has 1 N–H and O–H groups in total. The molecule has 7 heteroatoms. The highest BCUT2D eigenvalue weighted by Crippen LogP contribution is 2.32. The van der Waals surface area contributed by atoms with E-state index in [2.05, 4.69) is 5.32 Å². The van der Waals surface area contributed by atoms with Gasteiger partial charge in [0.15, 0.2) is 5.16 Å². The van der Waals surface area contributed by atoms with Crippen LogP contribution in [0.25, 0.3) is 21.3 Å². The molecule has 0 aliphatic carbocycles. The molecule has 0 unspecified atom stereocenters. The average Bonchev–Trinajstić information content (AvgIpc) is 3.22. The number of thiophene rings is 1. The number of rotatable bonds is 7. The van der Waals surface area contributed by atoms with Crippen LogP contribution in [0.3, 0.4) is 0 Å². The second-order valence-electron chi connectivity index (χ2n) is 7.19. The smallest absolute Gasteiger partial charge is 0.263 e. The highest BCUT2D eigenvalue weighted by molar-refractivity contribution is 7.99. The number of hydrogen-bond donors (Lipinski definition) is 1. The molecular weight excluding hydrogens is 426 g/mol. The first-order valence-corrected chi connectivity index (χ1v) is 12.0. The summed E-state index contributed by atoms with van der Waals surface area (Å²) in [5.41, 5.74) is 4.09. The third kappa shape index (κ3) is 4.73. The molecule has 0 saturated carbocycles. The van der Waals surface area contributed by atoms with Gasteiger partial charge in [0.1, 0.15) is 4.83 Å². The Labute approximate surface area is 189 Å². The maximum atomic E-state index is 13.3. The Morgan fingerprint density at radius 1 is 1.13 bits per heavy atom. The molecular formula is C24H23N3O2S2. The molecule has 0 fully saturated rings. The topological polar surface area (TPSA) is 64.0 Å². The number of nitrogens with zero attached hydrogens (tertiary/aromatic N) is 2. The van der Waals surface area contributed by atoms with Gasteiger partial charge in [0.25, 0.3) is 5.56 Å². The zero-order chi connectivity index (χ0) is 21.8. The second-order valence-corrected chi connectivity index (χ2v) is 8.99. The molecule has 4 rings (SSSR count). The van der Waals surface area contributed by atoms with Crippen molar-refractivity contribution in [1.82, 2.24) is 14.9 Å². The molecule has 1 amide bonds. The molecule has 0 bridgehead atoms. The third-order valence-corrected chi connectivity index (χ3v) is 6.85. The number of aryl methyl sites for hydroxylation is 1. The molecule has 31 heavy (non-hydrogen) atoms. The number of carbonyl (C=O) groups excluding carboxylic acids is 1. The first kappa shape index (κ1) is 21.3. The quantitative estimate of drug-likeness (QED) is 0.323. The Hall–Kier alpha value is -2.90. The van der Waals surface area contributed by atoms with Crippen LogP contribution in [0.5, 0.6) is 0 Å². The highest BCUT2D eigenvalue weighted by Gasteiger charge is 2.17. The lowest BCUT2D eigenvalue weighted by Crippen LogP contribution is -2.26. The molecule has 0 aliphatic heterocycles. The molecule has 2 aromatic heterocycles. The fourth-order valence-electron chi connectivity index (χ4n) is 3.32. The van der Waals surface area contributed by atoms with Crippen molar-refractivity contribution in [3.05, 3.63) is 81.5 Å². The predicted octanol–water partition coefficient (Wildman–Crippen LogP) is 4.86. The molecule has 0 atom stereocenters. The second kappa shape index (κ2) is 9.49. The SMILES string of the molecule is CCn1c(SCC(=O)NCc2ccccc2)nc2scc(-c3ccc(C)cc3)c2c1=O. The molecule has 5 nitrogen and oxygen atoms in total. The number of amides is 1. The van der Waals surface area contributed by atoms with Crippen molar-refractivity contribution < 1.29 is 4.79 Å². The standard InChI is InChI=1S/C24H23N3O2S2/c1-3-27-23(29)21-19(18-11-9-16(2)10-12-18)14-30-22(21)26-24(27)31-15-20(28)25-13-17-7-5-4-6-8-17/h4-12,14H,3,13,15H2,1-2H3,(H,25,28). The van der Waals surface area contributed by atoms with Crippen LogP contribution in [0.4, 0.5) is 0 Å². The van der Waals surface area contributed by atoms with Crippen molar-refractivity contribution in [2.24, 2.45) is 0 Å². The summed E-state index contributed by atoms with van der Waals surface area (Å²) in [5, 5.41) is 6.13. The van der Waals surface area contributed by atoms with Gasteiger partial charge in [-0.2, -0.15) is 0 Å². The number of carbonyl (C=O) groups is 1. The number of aromatic nitrogens is 2. The van der Waals surface area contributed by atoms with Crippen LogP contribution in [-0.2, 0) is 17.9 Å². The molecule has 0 radical (unpaired) electrons. The fraction of sp³-hybridized carbons (Fsp3) is 0.208. The van der Waals surface area contributed by atoms with Crippen LogP contribution in [0, 0.1) is 6.92 Å². The average molecular weight is 450 g/mol. The summed E-state index contributed by atoms with van der Waals surface area (Å²) in [5.74, 6) is 0.124. The fourth-order valence-corrected chi connectivity index (χ4v) is 5.20. The maximum Gasteiger partial charge on any atom is 0.263 e. The van der Waals surface area contributed by atoms with Crippen LogP contribution in [0.2, 0.25) is 0 Å². The molecule has 4 aromatic rings. The van der Waals surface area contributed by atoms with Gasteiger partial charge in [-0.3, -0.25) is 14.2 Å². The van der Waals surface area contributed by atoms with E-state index < -0.39 is 0 Å². The van der Waals surface area contributed by atoms with Crippen LogP contribution < -0.4 is 10.9 Å². The summed E-state index contributed by atoms with van der Waals surface area (Å²) in [4.78, 5) is 31.0. The van der Waals surface area contributed by atoms with Crippen molar-refractivity contribution in [3.8, 4) is 11.1 Å². The normalized spacial score (nSPS) is 11.0. The van der Waals surface area contributed by atoms with Gasteiger partial charge in [0.05, 0.1) is 11.1 Å². The van der Waals surface area contributed by atoms with Gasteiger partial charge in [-0.25, -0.2) is 4.98 Å². The van der Waals surface area contributed by atoms with Gasteiger partial charge in [0, 0.05) is 24.0 Å². The Morgan fingerprint density at radius 2 is 1.87 bits per heavy atom. The summed E-state index contributed by atoms with van der Waals surface area (Å²) < 4.78 is 1.65. The van der Waals surface area contributed by atoms with Crippen molar-refractivity contribution in [2.75, 3.05) is 5.75 Å². The van der Waals surface area contributed by atoms with E-state index in [-0.39, 0.29) is 17.2 Å². The van der Waals surface area contributed by atoms with E-state index in [1.54, 1.807) is 4.57 Å². The lowest BCUT2D eigenvalue weighted by Gasteiger charge is -2.11. The van der Waals surface area contributed by atoms with E-state index in [0.29, 0.717) is 28.5 Å². The number of hydrogen-bond acceptors (Lipinski definition) is 5. The minimum absolute atomic E-state index is 0.0588. The van der Waals surface area contributed by atoms with Crippen LogP contribution in [0.1, 0.15) is 18.1 Å². The zero-order valence-corrected chi connectivity index (χ0v) is 19.1. The van der Waals surface area contributed by atoms with Gasteiger partial charge in [-0.05, 0) is 25.0 Å². The Balaban J connectivity index is 1.55. The summed E-state index contributed by atoms with van der Waals surface area (Å²) in [6, 6.07) is 17.9. The molecule has 2 aromatic carbocycles. The van der Waals surface area contributed by atoms with Crippen molar-refractivity contribution in [3.63, 3.8) is 0 Å². The number of fused-ring (bicyclic) bond motifs is 1. The third-order valence-electron chi connectivity index (χ3n) is 5.00. The van der Waals surface area contributed by atoms with Crippen molar-refractivity contribution in [2.45, 2.75) is 32.1 Å². The first-order valence-electron chi connectivity index (χ1n) is 10.1. The monoisotopic (exact) mass is 449 g/mol. The van der Waals surface area contributed by atoms with Gasteiger partial charge in [-0.15, -0.1) is 11.3 Å². The molecule has 0 aliphatic rings. The Kier molecular flexibility index (Phi) is 6.53. The Bertz CT molecular complexity index is 1260. The lowest BCUT2D eigenvalue weighted by atomic mass is 10.1. The minimum Gasteiger partial charge on any atom is -0.351 e. The number of nitrogens with one attached hydrogen (secondary N) is 1. The van der Waals surface area contributed by atoms with Gasteiger partial charge in [-0.1, -0.05) is 71.9 Å². The number of benzene rings is 2. The highest BCUT2D eigenvalue weighted by atomic mass is 32.2. The van der Waals surface area contributed by atoms with Crippen LogP contribution in [0.15, 0.2) is 69.9 Å². The van der Waals surface area contributed by atoms with E-state index in [1.807, 2.05) is 73.8 Å². The first-order chi connectivity index (χ1) is 15.1. The largest absolute Gasteiger partial charge is 0.351 e. The van der Waals surface area contributed by atoms with E-state index in [0.717, 1.165) is 16.7 Å². The summed E-state index contributed by atoms with van der Waals surface area (Å²) in [6.45, 7) is 4.95. The van der Waals surface area contributed by atoms with E-state index in [1.165, 1.54) is 28.7 Å². The maximum absolute atomic E-state index is 13.3. The van der Waals surface area contributed by atoms with E-state index in [4.69, 9.17) is 4.98 Å². The van der Waals surface area contributed by atoms with Crippen LogP contribution in [-0.4, -0.2) is 21.2 Å². The van der Waals surface area contributed by atoms with E-state index in [9.17, 15) is 9.59 Å². The van der Waals surface area contributed by atoms with Crippen molar-refractivity contribution >= 4 is 39.2 Å². The number of thioether (sulfide) groups is 1. The van der Waals surface area contributed by atoms with Gasteiger partial charge >= 0.3 is 0 Å². The van der Waals surface area contributed by atoms with Crippen molar-refractivity contribution in [1.29, 1.82) is 0 Å². The van der Waals surface area contributed by atoms with E-state index >= 15 is 0 Å². The zero-order valence-electron chi connectivity index (χ0n) is 17.4. The lowest BCUT2D eigenvalue weighted by molar-refractivity contribution is -0.118. The molecule has 0 spiro atoms. The van der Waals surface area contributed by atoms with Gasteiger partial charge < -0.3 is 5.32 Å². The predicted molar refractivity (Wildman–Crippen MR) is 129 cm³/mol. The Morgan fingerprint density at radius 3 is 2.58 bits per heavy atom. The van der Waals surface area contributed by atoms with Gasteiger partial charge in [0.2, 0.25) is 5.91 Å². The van der Waals surface area contributed by atoms with Crippen LogP contribution >= 0.6 is 23.1 Å². The molecule has 158 valence electrons. The molecule has 2 heterocycles. The minimum atomic E-state index is -0.0858. The summed E-state index contributed by atoms with van der Waals surface area (Å²) in [7, 11) is 0.